The second-order valence-electron chi connectivity index (χ2n) is 2.93. The molecule has 1 rings (SSSR count). The molecule has 0 aliphatic carbocycles. The fraction of sp³-hybridized carbons (Fsp3) is 0.400. The summed E-state index contributed by atoms with van der Waals surface area (Å²) in [6, 6.07) is 3.12. The van der Waals surface area contributed by atoms with E-state index in [0.29, 0.717) is 5.33 Å². The zero-order valence-corrected chi connectivity index (χ0v) is 9.08. The molecule has 0 atom stereocenters. The first-order chi connectivity index (χ1) is 6.76. The Morgan fingerprint density at radius 2 is 1.43 bits per heavy atom. The van der Waals surface area contributed by atoms with Crippen molar-refractivity contribution in [2.45, 2.75) is 25.4 Å². The fourth-order valence-electron chi connectivity index (χ4n) is 1.36. The molecule has 4 heteroatoms. The number of alkyl halides is 4. The minimum absolute atomic E-state index is 0.153. The molecule has 0 heterocycles. The van der Waals surface area contributed by atoms with Crippen molar-refractivity contribution in [1.82, 2.24) is 0 Å². The topological polar surface area (TPSA) is 0 Å². The van der Waals surface area contributed by atoms with Gasteiger partial charge in [-0.3, -0.25) is 0 Å². The summed E-state index contributed by atoms with van der Waals surface area (Å²) in [5.41, 5.74) is 1.41. The van der Waals surface area contributed by atoms with Crippen LogP contribution in [0.1, 0.15) is 22.3 Å². The average molecular weight is 267 g/mol. The maximum atomic E-state index is 12.5. The second-order valence-corrected chi connectivity index (χ2v) is 3.49. The molecular weight excluding hydrogens is 257 g/mol. The summed E-state index contributed by atoms with van der Waals surface area (Å²) in [7, 11) is 0. The Hall–Kier alpha value is -0.510. The molecular formula is C10H10BrF3. The van der Waals surface area contributed by atoms with Crippen LogP contribution in [-0.4, -0.2) is 0 Å². The van der Waals surface area contributed by atoms with Crippen LogP contribution in [0.2, 0.25) is 0 Å². The van der Waals surface area contributed by atoms with Crippen LogP contribution in [0.3, 0.4) is 0 Å². The second kappa shape index (κ2) is 5.39. The van der Waals surface area contributed by atoms with Crippen LogP contribution < -0.4 is 0 Å². The Morgan fingerprint density at radius 3 is 1.71 bits per heavy atom. The van der Waals surface area contributed by atoms with Crippen LogP contribution in [0, 0.1) is 0 Å². The molecule has 1 aromatic rings. The van der Waals surface area contributed by atoms with Gasteiger partial charge in [-0.25, -0.2) is 13.2 Å². The van der Waals surface area contributed by atoms with Crippen molar-refractivity contribution in [3.8, 4) is 0 Å². The van der Waals surface area contributed by atoms with E-state index in [1.165, 1.54) is 0 Å². The van der Waals surface area contributed by atoms with Gasteiger partial charge in [-0.1, -0.05) is 28.1 Å². The maximum absolute atomic E-state index is 12.5. The van der Waals surface area contributed by atoms with E-state index < -0.39 is 20.0 Å². The normalized spacial score (nSPS) is 10.6. The zero-order chi connectivity index (χ0) is 10.6. The highest BCUT2D eigenvalue weighted by atomic mass is 79.9. The third-order valence-electron chi connectivity index (χ3n) is 2.07. The van der Waals surface area contributed by atoms with Gasteiger partial charge >= 0.3 is 0 Å². The van der Waals surface area contributed by atoms with E-state index in [-0.39, 0.29) is 16.7 Å². The van der Waals surface area contributed by atoms with Gasteiger partial charge in [0.1, 0.15) is 20.0 Å². The summed E-state index contributed by atoms with van der Waals surface area (Å²) < 4.78 is 37.5. The van der Waals surface area contributed by atoms with Gasteiger partial charge < -0.3 is 0 Å². The molecule has 0 N–H and O–H groups in total. The third-order valence-corrected chi connectivity index (χ3v) is 2.72. The number of rotatable bonds is 4. The molecule has 0 aromatic heterocycles. The smallest absolute Gasteiger partial charge is 0.115 e. The number of halogens is 4. The van der Waals surface area contributed by atoms with Crippen molar-refractivity contribution in [2.24, 2.45) is 0 Å². The van der Waals surface area contributed by atoms with Crippen molar-refractivity contribution in [3.63, 3.8) is 0 Å². The van der Waals surface area contributed by atoms with Crippen LogP contribution in [0.4, 0.5) is 13.2 Å². The minimum atomic E-state index is -0.818. The average Bonchev–Trinajstić information content (AvgIpc) is 2.26. The monoisotopic (exact) mass is 266 g/mol. The fourth-order valence-corrected chi connectivity index (χ4v) is 1.68. The van der Waals surface area contributed by atoms with Gasteiger partial charge in [0.05, 0.1) is 0 Å². The molecule has 0 amide bonds. The van der Waals surface area contributed by atoms with Gasteiger partial charge in [0.15, 0.2) is 0 Å². The van der Waals surface area contributed by atoms with Crippen LogP contribution in [0.15, 0.2) is 12.1 Å². The molecule has 1 aromatic carbocycles. The predicted molar refractivity (Wildman–Crippen MR) is 53.5 cm³/mol. The van der Waals surface area contributed by atoms with E-state index in [1.54, 1.807) is 12.1 Å². The number of benzene rings is 1. The van der Waals surface area contributed by atoms with Crippen molar-refractivity contribution in [2.75, 3.05) is 0 Å². The van der Waals surface area contributed by atoms with E-state index in [1.807, 2.05) is 0 Å². The van der Waals surface area contributed by atoms with Gasteiger partial charge in [0, 0.05) is 5.33 Å². The molecule has 0 spiro atoms. The van der Waals surface area contributed by atoms with E-state index in [0.717, 1.165) is 5.56 Å². The van der Waals surface area contributed by atoms with Gasteiger partial charge in [-0.2, -0.15) is 0 Å². The standard InChI is InChI=1S/C10H10BrF3/c11-3-7-1-8(4-12)10(6-14)9(2-7)5-13/h1-2H,3-6H2. The zero-order valence-electron chi connectivity index (χ0n) is 7.49. The Kier molecular flexibility index (Phi) is 4.45. The SMILES string of the molecule is FCc1cc(CBr)cc(CF)c1CF. The summed E-state index contributed by atoms with van der Waals surface area (Å²) in [5, 5.41) is 0.513. The molecule has 0 fully saturated rings. The molecule has 0 unspecified atom stereocenters. The summed E-state index contributed by atoms with van der Waals surface area (Å²) in [4.78, 5) is 0. The quantitative estimate of drug-likeness (QED) is 0.723. The largest absolute Gasteiger partial charge is 0.246 e. The van der Waals surface area contributed by atoms with E-state index >= 15 is 0 Å². The van der Waals surface area contributed by atoms with Crippen LogP contribution in [-0.2, 0) is 25.4 Å². The highest BCUT2D eigenvalue weighted by molar-refractivity contribution is 9.08. The lowest BCUT2D eigenvalue weighted by Crippen LogP contribution is -1.98. The molecule has 0 aliphatic heterocycles. The van der Waals surface area contributed by atoms with E-state index in [4.69, 9.17) is 0 Å². The molecule has 0 saturated heterocycles. The van der Waals surface area contributed by atoms with Crippen molar-refractivity contribution in [3.05, 3.63) is 34.4 Å². The predicted octanol–water partition coefficient (Wildman–Crippen LogP) is 3.99. The summed E-state index contributed by atoms with van der Waals surface area (Å²) in [6.07, 6.45) is 0. The minimum Gasteiger partial charge on any atom is -0.246 e. The molecule has 14 heavy (non-hydrogen) atoms. The van der Waals surface area contributed by atoms with Crippen LogP contribution in [0.5, 0.6) is 0 Å². The lowest BCUT2D eigenvalue weighted by molar-refractivity contribution is 0.436. The van der Waals surface area contributed by atoms with Crippen molar-refractivity contribution in [1.29, 1.82) is 0 Å². The molecule has 78 valence electrons. The Bertz CT molecular complexity index is 287. The first kappa shape index (κ1) is 11.6. The van der Waals surface area contributed by atoms with E-state index in [2.05, 4.69) is 15.9 Å². The van der Waals surface area contributed by atoms with Crippen molar-refractivity contribution >= 4 is 15.9 Å². The maximum Gasteiger partial charge on any atom is 0.115 e. The Balaban J connectivity index is 3.24. The molecule has 0 radical (unpaired) electrons. The Morgan fingerprint density at radius 1 is 0.929 bits per heavy atom. The first-order valence-electron chi connectivity index (χ1n) is 4.14. The summed E-state index contributed by atoms with van der Waals surface area (Å²) >= 11 is 3.19. The van der Waals surface area contributed by atoms with E-state index in [9.17, 15) is 13.2 Å². The lowest BCUT2D eigenvalue weighted by Gasteiger charge is -2.10. The molecule has 0 saturated carbocycles. The lowest BCUT2D eigenvalue weighted by atomic mass is 10.00. The van der Waals surface area contributed by atoms with Crippen LogP contribution in [0.25, 0.3) is 0 Å². The van der Waals surface area contributed by atoms with Gasteiger partial charge in [-0.05, 0) is 22.3 Å². The van der Waals surface area contributed by atoms with Crippen molar-refractivity contribution < 1.29 is 13.2 Å². The molecule has 0 bridgehead atoms. The number of hydrogen-bond donors (Lipinski definition) is 0. The first-order valence-corrected chi connectivity index (χ1v) is 5.26. The van der Waals surface area contributed by atoms with Gasteiger partial charge in [0.2, 0.25) is 0 Å². The molecule has 0 nitrogen and oxygen atoms in total. The highest BCUT2D eigenvalue weighted by Gasteiger charge is 2.10. The van der Waals surface area contributed by atoms with Crippen LogP contribution >= 0.6 is 15.9 Å². The summed E-state index contributed by atoms with van der Waals surface area (Å²) in [6.45, 7) is -2.33. The molecule has 0 aliphatic rings. The number of hydrogen-bond acceptors (Lipinski definition) is 0. The highest BCUT2D eigenvalue weighted by Crippen LogP contribution is 2.22. The van der Waals surface area contributed by atoms with Gasteiger partial charge in [-0.15, -0.1) is 0 Å². The van der Waals surface area contributed by atoms with Gasteiger partial charge in [0.25, 0.3) is 0 Å². The summed E-state index contributed by atoms with van der Waals surface area (Å²) in [5.74, 6) is 0. The Labute approximate surface area is 89.3 Å². The third kappa shape index (κ3) is 2.29.